The highest BCUT2D eigenvalue weighted by Crippen LogP contribution is 2.48. The maximum Gasteiger partial charge on any atom is 0.310 e. The van der Waals surface area contributed by atoms with Gasteiger partial charge in [-0.2, -0.15) is 0 Å². The standard InChI is InChI=1S/C22H42O4/c1-8-11-13-22(20(25)26,16(4)15-21(5,6)7)18(19(23)24)14-17(10-3)12-9-2/h16-18H,8-15H2,1-7H3,(H,23,24)(H,25,26). The highest BCUT2D eigenvalue weighted by atomic mass is 16.4. The summed E-state index contributed by atoms with van der Waals surface area (Å²) in [6, 6.07) is 0. The molecule has 0 aliphatic rings. The molecule has 2 N–H and O–H groups in total. The Kier molecular flexibility index (Phi) is 10.5. The zero-order valence-corrected chi connectivity index (χ0v) is 18.1. The van der Waals surface area contributed by atoms with E-state index in [0.717, 1.165) is 32.1 Å². The topological polar surface area (TPSA) is 74.6 Å². The lowest BCUT2D eigenvalue weighted by Gasteiger charge is -2.43. The summed E-state index contributed by atoms with van der Waals surface area (Å²) in [6.07, 6.45) is 6.08. The lowest BCUT2D eigenvalue weighted by molar-refractivity contribution is -0.170. The smallest absolute Gasteiger partial charge is 0.310 e. The summed E-state index contributed by atoms with van der Waals surface area (Å²) in [5.41, 5.74) is -1.24. The third kappa shape index (κ3) is 6.92. The van der Waals surface area contributed by atoms with Crippen molar-refractivity contribution in [3.63, 3.8) is 0 Å². The number of carboxylic acids is 2. The summed E-state index contributed by atoms with van der Waals surface area (Å²) in [5, 5.41) is 20.3. The molecule has 0 saturated heterocycles. The molecule has 4 unspecified atom stereocenters. The first kappa shape index (κ1) is 24.9. The molecule has 0 aliphatic carbocycles. The number of unbranched alkanes of at least 4 members (excludes halogenated alkanes) is 1. The van der Waals surface area contributed by atoms with E-state index in [4.69, 9.17) is 0 Å². The molecule has 26 heavy (non-hydrogen) atoms. The Balaban J connectivity index is 6.07. The van der Waals surface area contributed by atoms with Gasteiger partial charge in [0.25, 0.3) is 0 Å². The predicted octanol–water partition coefficient (Wildman–Crippen LogP) is 6.24. The van der Waals surface area contributed by atoms with E-state index in [-0.39, 0.29) is 17.3 Å². The molecule has 0 rings (SSSR count). The zero-order chi connectivity index (χ0) is 20.5. The highest BCUT2D eigenvalue weighted by molar-refractivity contribution is 5.83. The predicted molar refractivity (Wildman–Crippen MR) is 107 cm³/mol. The summed E-state index contributed by atoms with van der Waals surface area (Å²) in [7, 11) is 0. The van der Waals surface area contributed by atoms with Gasteiger partial charge in [-0.15, -0.1) is 0 Å². The molecule has 0 aromatic rings. The molecule has 0 spiro atoms. The van der Waals surface area contributed by atoms with E-state index in [1.54, 1.807) is 0 Å². The van der Waals surface area contributed by atoms with Gasteiger partial charge < -0.3 is 10.2 Å². The van der Waals surface area contributed by atoms with Crippen molar-refractivity contribution < 1.29 is 19.8 Å². The van der Waals surface area contributed by atoms with Crippen LogP contribution in [0.3, 0.4) is 0 Å². The summed E-state index contributed by atoms with van der Waals surface area (Å²) in [5.74, 6) is -2.63. The molecule has 0 aromatic carbocycles. The average molecular weight is 371 g/mol. The van der Waals surface area contributed by atoms with Crippen molar-refractivity contribution in [2.45, 2.75) is 99.8 Å². The molecule has 0 heterocycles. The van der Waals surface area contributed by atoms with Gasteiger partial charge in [-0.25, -0.2) is 0 Å². The first-order chi connectivity index (χ1) is 12.0. The van der Waals surface area contributed by atoms with Gasteiger partial charge in [-0.3, -0.25) is 9.59 Å². The molecule has 154 valence electrons. The van der Waals surface area contributed by atoms with Crippen molar-refractivity contribution >= 4 is 11.9 Å². The van der Waals surface area contributed by atoms with Crippen molar-refractivity contribution in [2.75, 3.05) is 0 Å². The minimum Gasteiger partial charge on any atom is -0.481 e. The van der Waals surface area contributed by atoms with Gasteiger partial charge in [0.05, 0.1) is 11.3 Å². The fourth-order valence-corrected chi connectivity index (χ4v) is 4.56. The van der Waals surface area contributed by atoms with Gasteiger partial charge >= 0.3 is 11.9 Å². The van der Waals surface area contributed by atoms with Crippen LogP contribution in [-0.4, -0.2) is 22.2 Å². The fourth-order valence-electron chi connectivity index (χ4n) is 4.56. The number of carbonyl (C=O) groups is 2. The molecule has 0 fully saturated rings. The number of carboxylic acid groups (broad SMARTS) is 2. The third-order valence-electron chi connectivity index (χ3n) is 5.90. The van der Waals surface area contributed by atoms with Crippen LogP contribution in [0.25, 0.3) is 0 Å². The van der Waals surface area contributed by atoms with E-state index >= 15 is 0 Å². The van der Waals surface area contributed by atoms with E-state index in [2.05, 4.69) is 34.6 Å². The van der Waals surface area contributed by atoms with Crippen LogP contribution in [0.2, 0.25) is 0 Å². The number of hydrogen-bond donors (Lipinski definition) is 2. The second-order valence-corrected chi connectivity index (χ2v) is 9.30. The molecule has 0 radical (unpaired) electrons. The Morgan fingerprint density at radius 1 is 1.00 bits per heavy atom. The molecule has 4 atom stereocenters. The van der Waals surface area contributed by atoms with Crippen molar-refractivity contribution in [3.05, 3.63) is 0 Å². The van der Waals surface area contributed by atoms with E-state index in [1.807, 2.05) is 13.8 Å². The Labute approximate surface area is 160 Å². The van der Waals surface area contributed by atoms with Crippen LogP contribution in [0.15, 0.2) is 0 Å². The number of hydrogen-bond acceptors (Lipinski definition) is 2. The van der Waals surface area contributed by atoms with Crippen molar-refractivity contribution in [3.8, 4) is 0 Å². The molecule has 0 aliphatic heterocycles. The van der Waals surface area contributed by atoms with Crippen molar-refractivity contribution in [1.82, 2.24) is 0 Å². The summed E-state index contributed by atoms with van der Waals surface area (Å²) >= 11 is 0. The first-order valence-corrected chi connectivity index (χ1v) is 10.4. The van der Waals surface area contributed by atoms with Gasteiger partial charge in [0.1, 0.15) is 0 Å². The van der Waals surface area contributed by atoms with Crippen LogP contribution in [-0.2, 0) is 9.59 Å². The largest absolute Gasteiger partial charge is 0.481 e. The Morgan fingerprint density at radius 2 is 1.58 bits per heavy atom. The van der Waals surface area contributed by atoms with Gasteiger partial charge in [0.15, 0.2) is 0 Å². The molecule has 0 amide bonds. The average Bonchev–Trinajstić information content (AvgIpc) is 2.50. The summed E-state index contributed by atoms with van der Waals surface area (Å²) in [4.78, 5) is 24.8. The first-order valence-electron chi connectivity index (χ1n) is 10.4. The lowest BCUT2D eigenvalue weighted by atomic mass is 9.59. The minimum absolute atomic E-state index is 0.0387. The monoisotopic (exact) mass is 370 g/mol. The summed E-state index contributed by atoms with van der Waals surface area (Å²) < 4.78 is 0. The van der Waals surface area contributed by atoms with Gasteiger partial charge in [0.2, 0.25) is 0 Å². The molecular formula is C22H42O4. The van der Waals surface area contributed by atoms with Crippen molar-refractivity contribution in [1.29, 1.82) is 0 Å². The van der Waals surface area contributed by atoms with Crippen molar-refractivity contribution in [2.24, 2.45) is 28.6 Å². The number of rotatable bonds is 13. The van der Waals surface area contributed by atoms with Gasteiger partial charge in [0, 0.05) is 0 Å². The second-order valence-electron chi connectivity index (χ2n) is 9.30. The van der Waals surface area contributed by atoms with Crippen LogP contribution in [0.1, 0.15) is 99.8 Å². The second kappa shape index (κ2) is 10.9. The molecule has 4 nitrogen and oxygen atoms in total. The van der Waals surface area contributed by atoms with Gasteiger partial charge in [-0.1, -0.05) is 80.6 Å². The van der Waals surface area contributed by atoms with Crippen LogP contribution < -0.4 is 0 Å². The highest BCUT2D eigenvalue weighted by Gasteiger charge is 2.53. The minimum atomic E-state index is -1.20. The Hall–Kier alpha value is -1.06. The normalized spacial score (nSPS) is 18.0. The van der Waals surface area contributed by atoms with E-state index < -0.39 is 23.3 Å². The van der Waals surface area contributed by atoms with Crippen LogP contribution in [0.5, 0.6) is 0 Å². The fraction of sp³-hybridized carbons (Fsp3) is 0.909. The Bertz CT molecular complexity index is 438. The van der Waals surface area contributed by atoms with Gasteiger partial charge in [-0.05, 0) is 36.5 Å². The SMILES string of the molecule is CCCCC(C(=O)O)(C(C)CC(C)(C)C)C(CC(CC)CCC)C(=O)O. The summed E-state index contributed by atoms with van der Waals surface area (Å²) in [6.45, 7) is 14.4. The number of aliphatic carboxylic acids is 2. The maximum absolute atomic E-state index is 12.6. The van der Waals surface area contributed by atoms with E-state index in [0.29, 0.717) is 19.3 Å². The third-order valence-corrected chi connectivity index (χ3v) is 5.90. The molecule has 0 bridgehead atoms. The van der Waals surface area contributed by atoms with E-state index in [1.165, 1.54) is 0 Å². The Morgan fingerprint density at radius 3 is 1.92 bits per heavy atom. The molecule has 0 aromatic heterocycles. The molecule has 0 saturated carbocycles. The van der Waals surface area contributed by atoms with E-state index in [9.17, 15) is 19.8 Å². The molecular weight excluding hydrogens is 328 g/mol. The quantitative estimate of drug-likeness (QED) is 0.402. The zero-order valence-electron chi connectivity index (χ0n) is 18.1. The van der Waals surface area contributed by atoms with Crippen LogP contribution in [0.4, 0.5) is 0 Å². The van der Waals surface area contributed by atoms with Crippen LogP contribution in [0, 0.1) is 28.6 Å². The lowest BCUT2D eigenvalue weighted by Crippen LogP contribution is -2.49. The molecule has 4 heteroatoms. The maximum atomic E-state index is 12.6. The van der Waals surface area contributed by atoms with Crippen LogP contribution >= 0.6 is 0 Å².